The molecule has 0 bridgehead atoms. The van der Waals surface area contributed by atoms with Gasteiger partial charge in [0.15, 0.2) is 0 Å². The van der Waals surface area contributed by atoms with E-state index >= 15 is 0 Å². The van der Waals surface area contributed by atoms with Crippen LogP contribution in [0.4, 0.5) is 0 Å². The first kappa shape index (κ1) is 14.0. The number of rotatable bonds is 5. The predicted molar refractivity (Wildman–Crippen MR) is 77.7 cm³/mol. The Kier molecular flexibility index (Phi) is 4.76. The Morgan fingerprint density at radius 3 is 3.11 bits per heavy atom. The molecule has 1 aromatic rings. The van der Waals surface area contributed by atoms with E-state index in [1.165, 1.54) is 17.8 Å². The molecule has 0 aliphatic heterocycles. The molecule has 1 saturated carbocycles. The summed E-state index contributed by atoms with van der Waals surface area (Å²) in [6.07, 6.45) is 7.85. The third kappa shape index (κ3) is 3.53. The van der Waals surface area contributed by atoms with Crippen LogP contribution in [0.25, 0.3) is 0 Å². The molecule has 0 radical (unpaired) electrons. The Balaban J connectivity index is 1.89. The van der Waals surface area contributed by atoms with Gasteiger partial charge in [-0.25, -0.2) is 4.98 Å². The number of nitrogens with one attached hydrogen (secondary N) is 1. The van der Waals surface area contributed by atoms with Gasteiger partial charge in [-0.15, -0.1) is 11.3 Å². The first-order valence-corrected chi connectivity index (χ1v) is 7.92. The van der Waals surface area contributed by atoms with Crippen molar-refractivity contribution in [2.45, 2.75) is 57.5 Å². The van der Waals surface area contributed by atoms with Crippen LogP contribution in [-0.2, 0) is 0 Å². The smallest absolute Gasteiger partial charge is 0.109 e. The Morgan fingerprint density at radius 1 is 1.67 bits per heavy atom. The molecule has 1 heterocycles. The lowest BCUT2D eigenvalue weighted by Gasteiger charge is -2.37. The van der Waals surface area contributed by atoms with E-state index in [4.69, 9.17) is 5.73 Å². The van der Waals surface area contributed by atoms with Gasteiger partial charge in [-0.05, 0) is 25.2 Å². The zero-order chi connectivity index (χ0) is 13.0. The summed E-state index contributed by atoms with van der Waals surface area (Å²) >= 11 is 1.73. The molecule has 3 atom stereocenters. The summed E-state index contributed by atoms with van der Waals surface area (Å²) in [4.78, 5) is 4.40. The standard InChI is InChI=1S/C14H25N3S/c1-3-12(13-16-7-8-18-13)17-10-14(15)6-4-5-11(2)9-14/h7-8,11-12,17H,3-6,9-10,15H2,1-2H3. The minimum Gasteiger partial charge on any atom is -0.324 e. The van der Waals surface area contributed by atoms with Crippen LogP contribution in [0, 0.1) is 5.92 Å². The topological polar surface area (TPSA) is 50.9 Å². The van der Waals surface area contributed by atoms with E-state index in [-0.39, 0.29) is 5.54 Å². The Bertz CT molecular complexity index is 352. The number of aromatic nitrogens is 1. The third-order valence-electron chi connectivity index (χ3n) is 3.98. The van der Waals surface area contributed by atoms with Crippen molar-refractivity contribution in [3.05, 3.63) is 16.6 Å². The second-order valence-electron chi connectivity index (χ2n) is 5.78. The second kappa shape index (κ2) is 6.13. The number of hydrogen-bond donors (Lipinski definition) is 2. The molecule has 4 heteroatoms. The van der Waals surface area contributed by atoms with Crippen molar-refractivity contribution in [1.29, 1.82) is 0 Å². The van der Waals surface area contributed by atoms with E-state index in [2.05, 4.69) is 24.1 Å². The molecule has 102 valence electrons. The zero-order valence-electron chi connectivity index (χ0n) is 11.5. The van der Waals surface area contributed by atoms with Gasteiger partial charge in [0.25, 0.3) is 0 Å². The molecule has 3 nitrogen and oxygen atoms in total. The van der Waals surface area contributed by atoms with Gasteiger partial charge in [-0.2, -0.15) is 0 Å². The molecule has 0 amide bonds. The van der Waals surface area contributed by atoms with Gasteiger partial charge in [-0.3, -0.25) is 0 Å². The number of nitrogens with zero attached hydrogens (tertiary/aromatic N) is 1. The average molecular weight is 267 g/mol. The van der Waals surface area contributed by atoms with Crippen LogP contribution < -0.4 is 11.1 Å². The monoisotopic (exact) mass is 267 g/mol. The van der Waals surface area contributed by atoms with Crippen LogP contribution in [0.15, 0.2) is 11.6 Å². The summed E-state index contributed by atoms with van der Waals surface area (Å²) in [5.41, 5.74) is 6.51. The average Bonchev–Trinajstić information content (AvgIpc) is 2.83. The van der Waals surface area contributed by atoms with Crippen molar-refractivity contribution in [2.75, 3.05) is 6.54 Å². The summed E-state index contributed by atoms with van der Waals surface area (Å²) in [6.45, 7) is 5.43. The highest BCUT2D eigenvalue weighted by Crippen LogP contribution is 2.30. The third-order valence-corrected chi connectivity index (χ3v) is 4.87. The molecule has 1 aliphatic carbocycles. The van der Waals surface area contributed by atoms with Crippen LogP contribution in [0.5, 0.6) is 0 Å². The Hall–Kier alpha value is -0.450. The molecular weight excluding hydrogens is 242 g/mol. The number of thiazole rings is 1. The SMILES string of the molecule is CCC(NCC1(N)CCCC(C)C1)c1nccs1. The molecule has 1 aromatic heterocycles. The van der Waals surface area contributed by atoms with Gasteiger partial charge in [0, 0.05) is 23.7 Å². The van der Waals surface area contributed by atoms with Crippen molar-refractivity contribution >= 4 is 11.3 Å². The van der Waals surface area contributed by atoms with Crippen molar-refractivity contribution in [3.63, 3.8) is 0 Å². The molecule has 1 fully saturated rings. The highest BCUT2D eigenvalue weighted by atomic mass is 32.1. The van der Waals surface area contributed by atoms with Gasteiger partial charge >= 0.3 is 0 Å². The maximum absolute atomic E-state index is 6.53. The lowest BCUT2D eigenvalue weighted by Crippen LogP contribution is -2.52. The fraction of sp³-hybridized carbons (Fsp3) is 0.786. The van der Waals surface area contributed by atoms with Gasteiger partial charge < -0.3 is 11.1 Å². The fourth-order valence-corrected chi connectivity index (χ4v) is 3.80. The van der Waals surface area contributed by atoms with Crippen molar-refractivity contribution in [3.8, 4) is 0 Å². The molecule has 1 aliphatic rings. The van der Waals surface area contributed by atoms with Gasteiger partial charge in [-0.1, -0.05) is 26.7 Å². The lowest BCUT2D eigenvalue weighted by molar-refractivity contribution is 0.222. The van der Waals surface area contributed by atoms with Gasteiger partial charge in [0.2, 0.25) is 0 Å². The van der Waals surface area contributed by atoms with Gasteiger partial charge in [0.1, 0.15) is 5.01 Å². The summed E-state index contributed by atoms with van der Waals surface area (Å²) < 4.78 is 0. The highest BCUT2D eigenvalue weighted by Gasteiger charge is 2.31. The first-order valence-electron chi connectivity index (χ1n) is 7.04. The molecule has 3 unspecified atom stereocenters. The van der Waals surface area contributed by atoms with Crippen molar-refractivity contribution in [1.82, 2.24) is 10.3 Å². The maximum Gasteiger partial charge on any atom is 0.109 e. The quantitative estimate of drug-likeness (QED) is 0.862. The van der Waals surface area contributed by atoms with E-state index in [9.17, 15) is 0 Å². The normalized spacial score (nSPS) is 30.3. The summed E-state index contributed by atoms with van der Waals surface area (Å²) in [6, 6.07) is 0.364. The minimum absolute atomic E-state index is 0.0116. The van der Waals surface area contributed by atoms with E-state index in [0.29, 0.717) is 6.04 Å². The second-order valence-corrected chi connectivity index (χ2v) is 6.70. The predicted octanol–water partition coefficient (Wildman–Crippen LogP) is 3.09. The molecule has 3 N–H and O–H groups in total. The summed E-state index contributed by atoms with van der Waals surface area (Å²) in [7, 11) is 0. The molecule has 0 saturated heterocycles. The van der Waals surface area contributed by atoms with E-state index in [1.807, 2.05) is 11.6 Å². The fourth-order valence-electron chi connectivity index (χ4n) is 3.00. The van der Waals surface area contributed by atoms with Crippen LogP contribution in [0.1, 0.15) is 57.0 Å². The first-order chi connectivity index (χ1) is 8.63. The molecule has 18 heavy (non-hydrogen) atoms. The van der Waals surface area contributed by atoms with Crippen LogP contribution in [-0.4, -0.2) is 17.1 Å². The largest absolute Gasteiger partial charge is 0.324 e. The van der Waals surface area contributed by atoms with Gasteiger partial charge in [0.05, 0.1) is 6.04 Å². The van der Waals surface area contributed by atoms with E-state index in [0.717, 1.165) is 31.7 Å². The highest BCUT2D eigenvalue weighted by molar-refractivity contribution is 7.09. The van der Waals surface area contributed by atoms with Crippen LogP contribution in [0.3, 0.4) is 0 Å². The van der Waals surface area contributed by atoms with E-state index in [1.54, 1.807) is 11.3 Å². The molecular formula is C14H25N3S. The molecule has 0 aromatic carbocycles. The summed E-state index contributed by atoms with van der Waals surface area (Å²) in [5, 5.41) is 6.85. The summed E-state index contributed by atoms with van der Waals surface area (Å²) in [5.74, 6) is 0.769. The van der Waals surface area contributed by atoms with E-state index < -0.39 is 0 Å². The van der Waals surface area contributed by atoms with Crippen LogP contribution in [0.2, 0.25) is 0 Å². The van der Waals surface area contributed by atoms with Crippen molar-refractivity contribution < 1.29 is 0 Å². The number of nitrogens with two attached hydrogens (primary N) is 1. The molecule has 0 spiro atoms. The van der Waals surface area contributed by atoms with Crippen LogP contribution >= 0.6 is 11.3 Å². The molecule has 2 rings (SSSR count). The maximum atomic E-state index is 6.53. The van der Waals surface area contributed by atoms with Crippen molar-refractivity contribution in [2.24, 2.45) is 11.7 Å². The zero-order valence-corrected chi connectivity index (χ0v) is 12.3. The Labute approximate surface area is 114 Å². The number of hydrogen-bond acceptors (Lipinski definition) is 4. The lowest BCUT2D eigenvalue weighted by atomic mass is 9.77. The Morgan fingerprint density at radius 2 is 2.50 bits per heavy atom. The minimum atomic E-state index is -0.0116.